The van der Waals surface area contributed by atoms with Crippen molar-refractivity contribution in [2.24, 2.45) is 0 Å². The lowest BCUT2D eigenvalue weighted by molar-refractivity contribution is 0.210. The van der Waals surface area contributed by atoms with Crippen molar-refractivity contribution >= 4 is 0 Å². The molecule has 3 rings (SSSR count). The minimum absolute atomic E-state index is 0.463. The Kier molecular flexibility index (Phi) is 4.96. The van der Waals surface area contributed by atoms with Crippen molar-refractivity contribution in [3.63, 3.8) is 0 Å². The summed E-state index contributed by atoms with van der Waals surface area (Å²) in [6.45, 7) is 1.20. The van der Waals surface area contributed by atoms with E-state index in [0.29, 0.717) is 6.10 Å². The number of nitrogens with one attached hydrogen (secondary N) is 1. The van der Waals surface area contributed by atoms with Crippen LogP contribution in [0.2, 0.25) is 0 Å². The van der Waals surface area contributed by atoms with E-state index >= 15 is 0 Å². The molecule has 1 heterocycles. The maximum absolute atomic E-state index is 6.09. The van der Waals surface area contributed by atoms with E-state index in [4.69, 9.17) is 4.74 Å². The zero-order valence-electron chi connectivity index (χ0n) is 12.4. The summed E-state index contributed by atoms with van der Waals surface area (Å²) in [6.07, 6.45) is 12.1. The van der Waals surface area contributed by atoms with Gasteiger partial charge in [-0.1, -0.05) is 18.6 Å². The molecule has 1 atom stereocenters. The first kappa shape index (κ1) is 13.9. The third-order valence-corrected chi connectivity index (χ3v) is 4.70. The number of aryl methyl sites for hydroxylation is 1. The molecule has 1 saturated heterocycles. The second kappa shape index (κ2) is 7.12. The van der Waals surface area contributed by atoms with Crippen LogP contribution in [0.4, 0.5) is 0 Å². The molecule has 20 heavy (non-hydrogen) atoms. The molecule has 0 radical (unpaired) electrons. The van der Waals surface area contributed by atoms with E-state index in [1.807, 2.05) is 0 Å². The Morgan fingerprint density at radius 3 is 2.70 bits per heavy atom. The SMILES string of the molecule is c1cc(CCC2CCCCN2)cc(OC2CCCC2)c1. The van der Waals surface area contributed by atoms with Gasteiger partial charge in [0, 0.05) is 6.04 Å². The van der Waals surface area contributed by atoms with Gasteiger partial charge in [-0.25, -0.2) is 0 Å². The molecule has 2 nitrogen and oxygen atoms in total. The topological polar surface area (TPSA) is 21.3 Å². The Balaban J connectivity index is 1.50. The molecule has 1 aromatic rings. The molecule has 1 unspecified atom stereocenters. The van der Waals surface area contributed by atoms with E-state index < -0.39 is 0 Å². The van der Waals surface area contributed by atoms with Crippen LogP contribution in [0.25, 0.3) is 0 Å². The first-order valence-corrected chi connectivity index (χ1v) is 8.39. The third kappa shape index (κ3) is 3.99. The van der Waals surface area contributed by atoms with Gasteiger partial charge < -0.3 is 10.1 Å². The summed E-state index contributed by atoms with van der Waals surface area (Å²) in [5.41, 5.74) is 1.42. The first-order chi connectivity index (χ1) is 9.90. The van der Waals surface area contributed by atoms with E-state index in [2.05, 4.69) is 29.6 Å². The van der Waals surface area contributed by atoms with Gasteiger partial charge >= 0.3 is 0 Å². The molecule has 0 spiro atoms. The van der Waals surface area contributed by atoms with Gasteiger partial charge in [0.15, 0.2) is 0 Å². The smallest absolute Gasteiger partial charge is 0.119 e. The Bertz CT molecular complexity index is 406. The van der Waals surface area contributed by atoms with Gasteiger partial charge in [0.05, 0.1) is 6.10 Å². The monoisotopic (exact) mass is 273 g/mol. The van der Waals surface area contributed by atoms with Gasteiger partial charge in [0.1, 0.15) is 5.75 Å². The van der Waals surface area contributed by atoms with Crippen LogP contribution in [0, 0.1) is 0 Å². The van der Waals surface area contributed by atoms with E-state index in [-0.39, 0.29) is 0 Å². The van der Waals surface area contributed by atoms with E-state index in [1.165, 1.54) is 69.9 Å². The molecule has 1 N–H and O–H groups in total. The summed E-state index contributed by atoms with van der Waals surface area (Å²) in [5, 5.41) is 3.63. The van der Waals surface area contributed by atoms with Crippen molar-refractivity contribution in [2.45, 2.75) is 69.9 Å². The molecular weight excluding hydrogens is 246 g/mol. The molecule has 1 aliphatic carbocycles. The molecule has 2 fully saturated rings. The number of benzene rings is 1. The predicted octanol–water partition coefficient (Wildman–Crippen LogP) is 4.08. The Hall–Kier alpha value is -1.02. The molecule has 1 aromatic carbocycles. The lowest BCUT2D eigenvalue weighted by atomic mass is 9.98. The average Bonchev–Trinajstić information content (AvgIpc) is 3.00. The minimum Gasteiger partial charge on any atom is -0.490 e. The summed E-state index contributed by atoms with van der Waals surface area (Å²) in [5.74, 6) is 1.08. The summed E-state index contributed by atoms with van der Waals surface area (Å²) < 4.78 is 6.09. The molecule has 110 valence electrons. The average molecular weight is 273 g/mol. The first-order valence-electron chi connectivity index (χ1n) is 8.39. The largest absolute Gasteiger partial charge is 0.490 e. The van der Waals surface area contributed by atoms with Gasteiger partial charge in [-0.15, -0.1) is 0 Å². The Morgan fingerprint density at radius 2 is 1.90 bits per heavy atom. The van der Waals surface area contributed by atoms with Crippen LogP contribution in [-0.2, 0) is 6.42 Å². The minimum atomic E-state index is 0.463. The highest BCUT2D eigenvalue weighted by molar-refractivity contribution is 5.29. The third-order valence-electron chi connectivity index (χ3n) is 4.70. The Morgan fingerprint density at radius 1 is 1.05 bits per heavy atom. The quantitative estimate of drug-likeness (QED) is 0.872. The van der Waals surface area contributed by atoms with Crippen molar-refractivity contribution in [1.29, 1.82) is 0 Å². The highest BCUT2D eigenvalue weighted by Crippen LogP contribution is 2.25. The van der Waals surface area contributed by atoms with Crippen molar-refractivity contribution in [3.05, 3.63) is 29.8 Å². The second-order valence-electron chi connectivity index (χ2n) is 6.36. The second-order valence-corrected chi connectivity index (χ2v) is 6.36. The van der Waals surface area contributed by atoms with Gasteiger partial charge in [-0.05, 0) is 75.6 Å². The zero-order chi connectivity index (χ0) is 13.6. The molecule has 1 aliphatic heterocycles. The standard InChI is InChI=1S/C18H27NO/c1-2-9-17(8-1)20-18-10-5-6-15(14-18)11-12-16-7-3-4-13-19-16/h5-6,10,14,16-17,19H,1-4,7-9,11-13H2. The van der Waals surface area contributed by atoms with Crippen LogP contribution in [0.5, 0.6) is 5.75 Å². The molecule has 2 heteroatoms. The fourth-order valence-corrected chi connectivity index (χ4v) is 3.48. The van der Waals surface area contributed by atoms with Crippen LogP contribution < -0.4 is 10.1 Å². The fourth-order valence-electron chi connectivity index (χ4n) is 3.48. The van der Waals surface area contributed by atoms with E-state index in [0.717, 1.165) is 11.8 Å². The summed E-state index contributed by atoms with van der Waals surface area (Å²) in [6, 6.07) is 9.48. The van der Waals surface area contributed by atoms with Crippen LogP contribution in [0.1, 0.15) is 56.9 Å². The molecule has 0 bridgehead atoms. The number of hydrogen-bond donors (Lipinski definition) is 1. The number of piperidine rings is 1. The van der Waals surface area contributed by atoms with Crippen molar-refractivity contribution in [3.8, 4) is 5.75 Å². The van der Waals surface area contributed by atoms with Crippen molar-refractivity contribution < 1.29 is 4.74 Å². The van der Waals surface area contributed by atoms with Crippen molar-refractivity contribution in [2.75, 3.05) is 6.54 Å². The number of ether oxygens (including phenoxy) is 1. The van der Waals surface area contributed by atoms with E-state index in [1.54, 1.807) is 0 Å². The molecular formula is C18H27NO. The van der Waals surface area contributed by atoms with Gasteiger partial charge in [-0.3, -0.25) is 0 Å². The maximum atomic E-state index is 6.09. The lowest BCUT2D eigenvalue weighted by Gasteiger charge is -2.23. The normalized spacial score (nSPS) is 23.9. The predicted molar refractivity (Wildman–Crippen MR) is 83.3 cm³/mol. The highest BCUT2D eigenvalue weighted by Gasteiger charge is 2.16. The summed E-state index contributed by atoms with van der Waals surface area (Å²) in [7, 11) is 0. The molecule has 0 aromatic heterocycles. The van der Waals surface area contributed by atoms with Crippen molar-refractivity contribution in [1.82, 2.24) is 5.32 Å². The number of rotatable bonds is 5. The maximum Gasteiger partial charge on any atom is 0.119 e. The zero-order valence-corrected chi connectivity index (χ0v) is 12.4. The van der Waals surface area contributed by atoms with Crippen LogP contribution in [-0.4, -0.2) is 18.7 Å². The van der Waals surface area contributed by atoms with Gasteiger partial charge in [-0.2, -0.15) is 0 Å². The molecule has 1 saturated carbocycles. The summed E-state index contributed by atoms with van der Waals surface area (Å²) in [4.78, 5) is 0. The summed E-state index contributed by atoms with van der Waals surface area (Å²) >= 11 is 0. The number of hydrogen-bond acceptors (Lipinski definition) is 2. The van der Waals surface area contributed by atoms with E-state index in [9.17, 15) is 0 Å². The molecule has 2 aliphatic rings. The Labute approximate surface area is 122 Å². The van der Waals surface area contributed by atoms with Crippen LogP contribution >= 0.6 is 0 Å². The van der Waals surface area contributed by atoms with Crippen LogP contribution in [0.15, 0.2) is 24.3 Å². The lowest BCUT2D eigenvalue weighted by Crippen LogP contribution is -2.34. The fraction of sp³-hybridized carbons (Fsp3) is 0.667. The highest BCUT2D eigenvalue weighted by atomic mass is 16.5. The van der Waals surface area contributed by atoms with Gasteiger partial charge in [0.25, 0.3) is 0 Å². The van der Waals surface area contributed by atoms with Gasteiger partial charge in [0.2, 0.25) is 0 Å². The van der Waals surface area contributed by atoms with Crippen LogP contribution in [0.3, 0.4) is 0 Å². The molecule has 0 amide bonds.